The Bertz CT molecular complexity index is 1700. The molecular formula is C26H17O2P. The van der Waals surface area contributed by atoms with Gasteiger partial charge in [0, 0.05) is 10.8 Å². The van der Waals surface area contributed by atoms with Gasteiger partial charge in [-0.15, -0.1) is 0 Å². The molecule has 6 aromatic rings. The molecule has 2 nitrogen and oxygen atoms in total. The van der Waals surface area contributed by atoms with Crippen molar-refractivity contribution >= 4 is 51.5 Å². The summed E-state index contributed by atoms with van der Waals surface area (Å²) in [5.74, 6) is 0. The van der Waals surface area contributed by atoms with Gasteiger partial charge >= 0.3 is 0 Å². The van der Waals surface area contributed by atoms with Crippen LogP contribution in [0.1, 0.15) is 6.85 Å². The predicted molar refractivity (Wildman–Crippen MR) is 123 cm³/mol. The summed E-state index contributed by atoms with van der Waals surface area (Å²) in [4.78, 5) is 0. The first-order valence-corrected chi connectivity index (χ1v) is 10.4. The standard InChI is InChI=1S/C26H17O2P/c1-2-10-20(11-3-1)29-27-23-16-14-18-8-4-6-12-21(18)25(23)26-22-13-7-5-9-19(22)15-17-24(26)28-29/h1-17H/i1D,2D,3D,10D,11D. The number of hydrogen-bond donors (Lipinski definition) is 0. The highest BCUT2D eigenvalue weighted by Gasteiger charge is 2.13. The van der Waals surface area contributed by atoms with Crippen molar-refractivity contribution in [2.75, 3.05) is 0 Å². The molecule has 138 valence electrons. The Morgan fingerprint density at radius 3 is 1.66 bits per heavy atom. The van der Waals surface area contributed by atoms with E-state index >= 15 is 0 Å². The molecule has 29 heavy (non-hydrogen) atoms. The molecule has 0 spiro atoms. The second-order valence-corrected chi connectivity index (χ2v) is 8.06. The first-order chi connectivity index (χ1) is 16.5. The van der Waals surface area contributed by atoms with Crippen LogP contribution >= 0.6 is 8.01 Å². The molecule has 1 heterocycles. The average molecular weight is 397 g/mol. The van der Waals surface area contributed by atoms with Crippen molar-refractivity contribution in [3.8, 4) is 5.30 Å². The lowest BCUT2D eigenvalue weighted by atomic mass is 9.99. The van der Waals surface area contributed by atoms with Gasteiger partial charge in [0.05, 0.1) is 12.2 Å². The fraction of sp³-hybridized carbons (Fsp3) is 0. The molecule has 0 fully saturated rings. The second kappa shape index (κ2) is 6.55. The van der Waals surface area contributed by atoms with Gasteiger partial charge in [0.1, 0.15) is 11.2 Å². The summed E-state index contributed by atoms with van der Waals surface area (Å²) < 4.78 is 53.8. The van der Waals surface area contributed by atoms with Crippen LogP contribution in [0, 0.1) is 0 Å². The maximum absolute atomic E-state index is 8.46. The van der Waals surface area contributed by atoms with Crippen LogP contribution in [0.25, 0.3) is 48.8 Å². The molecule has 0 aliphatic heterocycles. The quantitative estimate of drug-likeness (QED) is 0.278. The summed E-state index contributed by atoms with van der Waals surface area (Å²) in [6.07, 6.45) is 0. The molecule has 0 aliphatic carbocycles. The first-order valence-electron chi connectivity index (χ1n) is 11.7. The highest BCUT2D eigenvalue weighted by atomic mass is 31.1. The lowest BCUT2D eigenvalue weighted by Gasteiger charge is -2.05. The van der Waals surface area contributed by atoms with Gasteiger partial charge in [-0.2, -0.15) is 0 Å². The Kier molecular flexibility index (Phi) is 2.75. The van der Waals surface area contributed by atoms with Gasteiger partial charge in [0.15, 0.2) is 0 Å². The summed E-state index contributed by atoms with van der Waals surface area (Å²) in [5, 5.41) is 5.81. The zero-order valence-electron chi connectivity index (χ0n) is 20.2. The van der Waals surface area contributed by atoms with E-state index < -0.39 is 26.1 Å². The van der Waals surface area contributed by atoms with Gasteiger partial charge in [-0.05, 0) is 45.8 Å². The van der Waals surface area contributed by atoms with Crippen molar-refractivity contribution in [1.29, 1.82) is 0 Å². The third-order valence-electron chi connectivity index (χ3n) is 5.06. The molecule has 0 amide bonds. The minimum absolute atomic E-state index is 0.0288. The smallest absolute Gasteiger partial charge is 0.252 e. The normalized spacial score (nSPS) is 13.9. The number of hydrogen-bond acceptors (Lipinski definition) is 2. The minimum Gasteiger partial charge on any atom is -0.416 e. The van der Waals surface area contributed by atoms with E-state index in [9.17, 15) is 0 Å². The van der Waals surface area contributed by atoms with Crippen molar-refractivity contribution < 1.29 is 15.2 Å². The van der Waals surface area contributed by atoms with E-state index in [2.05, 4.69) is 0 Å². The first kappa shape index (κ1) is 12.2. The third-order valence-corrected chi connectivity index (χ3v) is 6.38. The molecule has 6 rings (SSSR count). The summed E-state index contributed by atoms with van der Waals surface area (Å²) in [5.41, 5.74) is 1.10. The van der Waals surface area contributed by atoms with E-state index in [1.165, 1.54) is 0 Å². The average Bonchev–Trinajstić information content (AvgIpc) is 3.03. The Labute approximate surface area is 175 Å². The Morgan fingerprint density at radius 1 is 0.586 bits per heavy atom. The zero-order chi connectivity index (χ0) is 23.6. The van der Waals surface area contributed by atoms with Crippen LogP contribution in [0.15, 0.2) is 111 Å². The summed E-state index contributed by atoms with van der Waals surface area (Å²) in [7, 11) is -2.06. The van der Waals surface area contributed by atoms with Crippen LogP contribution in [0.3, 0.4) is 0 Å². The van der Waals surface area contributed by atoms with Crippen LogP contribution in [0.2, 0.25) is 0 Å². The van der Waals surface area contributed by atoms with Crippen molar-refractivity contribution in [3.63, 3.8) is 0 Å². The summed E-state index contributed by atoms with van der Waals surface area (Å²) >= 11 is 0. The van der Waals surface area contributed by atoms with Crippen LogP contribution in [0.4, 0.5) is 0 Å². The van der Waals surface area contributed by atoms with Gasteiger partial charge in [-0.25, -0.2) is 0 Å². The topological polar surface area (TPSA) is 26.3 Å². The van der Waals surface area contributed by atoms with E-state index in [1.54, 1.807) is 0 Å². The van der Waals surface area contributed by atoms with Gasteiger partial charge in [0.2, 0.25) is 0 Å². The second-order valence-electron chi connectivity index (χ2n) is 6.73. The van der Waals surface area contributed by atoms with Crippen LogP contribution in [-0.2, 0) is 0 Å². The number of rotatable bonds is 1. The predicted octanol–water partition coefficient (Wildman–Crippen LogP) is 8.59. The Morgan fingerprint density at radius 2 is 1.10 bits per heavy atom. The molecule has 0 unspecified atom stereocenters. The van der Waals surface area contributed by atoms with E-state index in [-0.39, 0.29) is 17.4 Å². The van der Waals surface area contributed by atoms with Crippen molar-refractivity contribution in [2.45, 2.75) is 0 Å². The van der Waals surface area contributed by atoms with Gasteiger partial charge in [-0.1, -0.05) is 78.8 Å². The number of benzene rings is 5. The van der Waals surface area contributed by atoms with Crippen molar-refractivity contribution in [2.24, 2.45) is 0 Å². The van der Waals surface area contributed by atoms with Crippen LogP contribution in [-0.4, -0.2) is 0 Å². The molecule has 3 heteroatoms. The molecule has 0 saturated carbocycles. The van der Waals surface area contributed by atoms with Crippen molar-refractivity contribution in [1.82, 2.24) is 0 Å². The van der Waals surface area contributed by atoms with Gasteiger partial charge in [0.25, 0.3) is 8.01 Å². The summed E-state index contributed by atoms with van der Waals surface area (Å²) in [6.45, 7) is 0. The monoisotopic (exact) mass is 397 g/mol. The van der Waals surface area contributed by atoms with E-state index in [0.717, 1.165) is 32.3 Å². The Balaban J connectivity index is 1.90. The van der Waals surface area contributed by atoms with Gasteiger partial charge < -0.3 is 8.39 Å². The summed E-state index contributed by atoms with van der Waals surface area (Å²) in [6, 6.07) is 21.8. The SMILES string of the molecule is [2H]c1c([2H])c([2H])c(-p2oc3ccc4ccccc4c3c3c(ccc4ccccc43)o2)c([2H])c1[2H]. The molecule has 0 bridgehead atoms. The highest BCUT2D eigenvalue weighted by molar-refractivity contribution is 7.45. The molecule has 0 aliphatic rings. The van der Waals surface area contributed by atoms with E-state index in [0.29, 0.717) is 11.2 Å². The van der Waals surface area contributed by atoms with Crippen LogP contribution in [0.5, 0.6) is 0 Å². The molecule has 0 radical (unpaired) electrons. The molecular weight excluding hydrogens is 375 g/mol. The van der Waals surface area contributed by atoms with E-state index in [4.69, 9.17) is 15.2 Å². The lowest BCUT2D eigenvalue weighted by molar-refractivity contribution is 0.651. The molecule has 0 atom stereocenters. The Hall–Kier alpha value is -3.48. The van der Waals surface area contributed by atoms with Crippen molar-refractivity contribution in [3.05, 3.63) is 103 Å². The highest BCUT2D eigenvalue weighted by Crippen LogP contribution is 2.45. The largest absolute Gasteiger partial charge is 0.416 e. The number of fused-ring (bicyclic) bond motifs is 7. The fourth-order valence-electron chi connectivity index (χ4n) is 3.79. The molecule has 5 aromatic carbocycles. The maximum Gasteiger partial charge on any atom is 0.252 e. The lowest BCUT2D eigenvalue weighted by Crippen LogP contribution is -1.79. The van der Waals surface area contributed by atoms with E-state index in [1.807, 2.05) is 72.8 Å². The molecule has 1 aromatic heterocycles. The zero-order valence-corrected chi connectivity index (χ0v) is 16.1. The minimum atomic E-state index is -2.06. The fourth-order valence-corrected chi connectivity index (χ4v) is 4.97. The molecule has 0 saturated heterocycles. The van der Waals surface area contributed by atoms with Gasteiger partial charge in [-0.3, -0.25) is 0 Å². The molecule has 0 N–H and O–H groups in total. The maximum atomic E-state index is 8.46. The van der Waals surface area contributed by atoms with Crippen LogP contribution < -0.4 is 0 Å². The third kappa shape index (κ3) is 2.65.